The lowest BCUT2D eigenvalue weighted by atomic mass is 10.0. The Balaban J connectivity index is 3.05. The van der Waals surface area contributed by atoms with Gasteiger partial charge in [-0.05, 0) is 37.5 Å². The van der Waals surface area contributed by atoms with Gasteiger partial charge in [0.1, 0.15) is 6.29 Å². The van der Waals surface area contributed by atoms with Crippen LogP contribution in [-0.2, 0) is 6.42 Å². The van der Waals surface area contributed by atoms with Crippen LogP contribution in [0.15, 0.2) is 24.3 Å². The number of carbonyl (C=O) groups excluding carboxylic acids is 1. The fourth-order valence-electron chi connectivity index (χ4n) is 1.45. The van der Waals surface area contributed by atoms with E-state index in [0.29, 0.717) is 23.3 Å². The van der Waals surface area contributed by atoms with Crippen molar-refractivity contribution < 1.29 is 14.6 Å². The van der Waals surface area contributed by atoms with Gasteiger partial charge in [0, 0.05) is 5.56 Å². The molecule has 0 fully saturated rings. The average molecular weight is 220 g/mol. The van der Waals surface area contributed by atoms with Crippen LogP contribution in [0.4, 0.5) is 0 Å². The monoisotopic (exact) mass is 220 g/mol. The first kappa shape index (κ1) is 12.3. The Morgan fingerprint density at radius 1 is 1.56 bits per heavy atom. The van der Waals surface area contributed by atoms with Gasteiger partial charge in [0.05, 0.1) is 7.11 Å². The van der Waals surface area contributed by atoms with Gasteiger partial charge in [0.2, 0.25) is 0 Å². The molecule has 0 radical (unpaired) electrons. The van der Waals surface area contributed by atoms with Gasteiger partial charge in [0.25, 0.3) is 0 Å². The Morgan fingerprint density at radius 2 is 2.25 bits per heavy atom. The van der Waals surface area contributed by atoms with Crippen LogP contribution in [-0.4, -0.2) is 18.5 Å². The summed E-state index contributed by atoms with van der Waals surface area (Å²) < 4.78 is 5.00. The Labute approximate surface area is 95.4 Å². The molecule has 0 aromatic heterocycles. The molecule has 1 rings (SSSR count). The maximum Gasteiger partial charge on any atom is 0.161 e. The fraction of sp³-hybridized carbons (Fsp3) is 0.308. The Hall–Kier alpha value is -1.77. The van der Waals surface area contributed by atoms with E-state index in [1.54, 1.807) is 6.07 Å². The number of methoxy groups -OCH3 is 1. The molecule has 0 aliphatic rings. The number of allylic oxidation sites excluding steroid dienone is 1. The number of hydrogen-bond acceptors (Lipinski definition) is 3. The summed E-state index contributed by atoms with van der Waals surface area (Å²) in [6.45, 7) is 5.73. The summed E-state index contributed by atoms with van der Waals surface area (Å²) in [6.07, 6.45) is 2.17. The van der Waals surface area contributed by atoms with E-state index in [1.807, 2.05) is 6.92 Å². The Morgan fingerprint density at radius 3 is 2.75 bits per heavy atom. The molecule has 1 aromatic rings. The minimum atomic E-state index is 0.106. The number of phenols is 1. The summed E-state index contributed by atoms with van der Waals surface area (Å²) in [7, 11) is 1.46. The summed E-state index contributed by atoms with van der Waals surface area (Å²) >= 11 is 0. The second-order valence-electron chi connectivity index (χ2n) is 3.81. The van der Waals surface area contributed by atoms with Crippen LogP contribution < -0.4 is 4.74 Å². The number of carbonyl (C=O) groups is 1. The number of phenolic OH excluding ortho intramolecular Hbond substituents is 1. The van der Waals surface area contributed by atoms with Gasteiger partial charge in [-0.2, -0.15) is 0 Å². The van der Waals surface area contributed by atoms with Gasteiger partial charge in [-0.1, -0.05) is 5.57 Å². The minimum absolute atomic E-state index is 0.106. The highest BCUT2D eigenvalue weighted by molar-refractivity contribution is 5.77. The molecule has 3 heteroatoms. The van der Waals surface area contributed by atoms with Crippen molar-refractivity contribution in [2.24, 2.45) is 0 Å². The lowest BCUT2D eigenvalue weighted by molar-refractivity contribution is 0.112. The summed E-state index contributed by atoms with van der Waals surface area (Å²) in [4.78, 5) is 10.7. The third-order valence-corrected chi connectivity index (χ3v) is 2.35. The summed E-state index contributed by atoms with van der Waals surface area (Å²) in [5.41, 5.74) is 2.26. The lowest BCUT2D eigenvalue weighted by Gasteiger charge is -2.10. The number of aldehydes is 1. The molecule has 0 saturated heterocycles. The lowest BCUT2D eigenvalue weighted by Crippen LogP contribution is -1.94. The van der Waals surface area contributed by atoms with Gasteiger partial charge in [-0.3, -0.25) is 4.79 Å². The Bertz CT molecular complexity index is 408. The first-order chi connectivity index (χ1) is 7.58. The molecule has 3 nitrogen and oxygen atoms in total. The number of hydrogen-bond donors (Lipinski definition) is 1. The van der Waals surface area contributed by atoms with Crippen molar-refractivity contribution in [1.29, 1.82) is 0 Å². The van der Waals surface area contributed by atoms with E-state index in [-0.39, 0.29) is 5.75 Å². The number of rotatable bonds is 5. The van der Waals surface area contributed by atoms with Gasteiger partial charge in [-0.25, -0.2) is 0 Å². The molecule has 0 bridgehead atoms. The summed E-state index contributed by atoms with van der Waals surface area (Å²) in [5, 5.41) is 9.85. The molecule has 0 aliphatic carbocycles. The normalized spacial score (nSPS) is 9.88. The zero-order chi connectivity index (χ0) is 12.1. The smallest absolute Gasteiger partial charge is 0.161 e. The molecule has 0 unspecified atom stereocenters. The van der Waals surface area contributed by atoms with Crippen molar-refractivity contribution in [3.8, 4) is 11.5 Å². The van der Waals surface area contributed by atoms with Crippen molar-refractivity contribution in [2.45, 2.75) is 19.8 Å². The molecule has 0 amide bonds. The Kier molecular flexibility index (Phi) is 4.11. The van der Waals surface area contributed by atoms with Gasteiger partial charge < -0.3 is 9.84 Å². The molecule has 1 N–H and O–H groups in total. The quantitative estimate of drug-likeness (QED) is 0.613. The predicted molar refractivity (Wildman–Crippen MR) is 63.2 cm³/mol. The van der Waals surface area contributed by atoms with Crippen LogP contribution in [0.1, 0.15) is 29.3 Å². The van der Waals surface area contributed by atoms with Crippen molar-refractivity contribution in [1.82, 2.24) is 0 Å². The molecule has 0 atom stereocenters. The molecule has 0 heterocycles. The number of aryl methyl sites for hydroxylation is 1. The van der Waals surface area contributed by atoms with Crippen LogP contribution in [0.5, 0.6) is 11.5 Å². The maximum atomic E-state index is 10.7. The van der Waals surface area contributed by atoms with Crippen molar-refractivity contribution in [3.63, 3.8) is 0 Å². The highest BCUT2D eigenvalue weighted by atomic mass is 16.5. The fourth-order valence-corrected chi connectivity index (χ4v) is 1.45. The molecule has 16 heavy (non-hydrogen) atoms. The second kappa shape index (κ2) is 5.35. The number of benzene rings is 1. The number of aromatic hydroxyl groups is 1. The van der Waals surface area contributed by atoms with E-state index in [4.69, 9.17) is 4.74 Å². The van der Waals surface area contributed by atoms with Crippen LogP contribution in [0.3, 0.4) is 0 Å². The van der Waals surface area contributed by atoms with Gasteiger partial charge in [0.15, 0.2) is 11.5 Å². The molecule has 0 saturated carbocycles. The maximum absolute atomic E-state index is 10.7. The average Bonchev–Trinajstić information content (AvgIpc) is 2.27. The summed E-state index contributed by atoms with van der Waals surface area (Å²) in [6, 6.07) is 3.19. The van der Waals surface area contributed by atoms with E-state index in [1.165, 1.54) is 13.2 Å². The third kappa shape index (κ3) is 2.86. The zero-order valence-corrected chi connectivity index (χ0v) is 9.62. The SMILES string of the molecule is C=C(C)CCc1cc(C=O)cc(OC)c1O. The topological polar surface area (TPSA) is 46.5 Å². The van der Waals surface area contributed by atoms with E-state index in [9.17, 15) is 9.90 Å². The van der Waals surface area contributed by atoms with Crippen molar-refractivity contribution in [2.75, 3.05) is 7.11 Å². The van der Waals surface area contributed by atoms with E-state index >= 15 is 0 Å². The second-order valence-corrected chi connectivity index (χ2v) is 3.81. The standard InChI is InChI=1S/C13H16O3/c1-9(2)4-5-11-6-10(8-14)7-12(16-3)13(11)15/h6-8,15H,1,4-5H2,2-3H3. The highest BCUT2D eigenvalue weighted by Gasteiger charge is 2.10. The predicted octanol–water partition coefficient (Wildman–Crippen LogP) is 2.72. The molecule has 0 aliphatic heterocycles. The van der Waals surface area contributed by atoms with Crippen LogP contribution in [0.25, 0.3) is 0 Å². The molecular weight excluding hydrogens is 204 g/mol. The van der Waals surface area contributed by atoms with Crippen molar-refractivity contribution in [3.05, 3.63) is 35.4 Å². The largest absolute Gasteiger partial charge is 0.504 e. The summed E-state index contributed by atoms with van der Waals surface area (Å²) in [5.74, 6) is 0.440. The van der Waals surface area contributed by atoms with E-state index in [2.05, 4.69) is 6.58 Å². The van der Waals surface area contributed by atoms with E-state index in [0.717, 1.165) is 18.3 Å². The first-order valence-corrected chi connectivity index (χ1v) is 5.08. The van der Waals surface area contributed by atoms with Crippen LogP contribution in [0, 0.1) is 0 Å². The van der Waals surface area contributed by atoms with E-state index < -0.39 is 0 Å². The first-order valence-electron chi connectivity index (χ1n) is 5.08. The molecule has 1 aromatic carbocycles. The van der Waals surface area contributed by atoms with Crippen LogP contribution in [0.2, 0.25) is 0 Å². The highest BCUT2D eigenvalue weighted by Crippen LogP contribution is 2.32. The minimum Gasteiger partial charge on any atom is -0.504 e. The van der Waals surface area contributed by atoms with Crippen molar-refractivity contribution >= 4 is 6.29 Å². The number of ether oxygens (including phenoxy) is 1. The van der Waals surface area contributed by atoms with Gasteiger partial charge in [-0.15, -0.1) is 6.58 Å². The van der Waals surface area contributed by atoms with Crippen LogP contribution >= 0.6 is 0 Å². The molecule has 0 spiro atoms. The third-order valence-electron chi connectivity index (χ3n) is 2.35. The van der Waals surface area contributed by atoms with Gasteiger partial charge >= 0.3 is 0 Å². The zero-order valence-electron chi connectivity index (χ0n) is 9.62. The molecular formula is C13H16O3. The molecule has 86 valence electrons.